The number of urea groups is 1. The molecule has 0 bridgehead atoms. The van der Waals surface area contributed by atoms with Gasteiger partial charge in [-0.15, -0.1) is 0 Å². The van der Waals surface area contributed by atoms with Gasteiger partial charge in [0.05, 0.1) is 12.1 Å². The molecule has 0 saturated heterocycles. The standard InChI is InChI=1S/C13H24N2O2/c1-3-4-9-7-11(9)14-12(17)15-13(2,8-16)10-5-6-10/h9-11,16H,3-8H2,1-2H3,(H2,14,15,17). The van der Waals surface area contributed by atoms with Crippen LogP contribution in [0.1, 0.15) is 46.0 Å². The number of aliphatic hydroxyl groups is 1. The van der Waals surface area contributed by atoms with Gasteiger partial charge in [0.25, 0.3) is 0 Å². The molecule has 2 fully saturated rings. The van der Waals surface area contributed by atoms with E-state index in [1.165, 1.54) is 12.8 Å². The summed E-state index contributed by atoms with van der Waals surface area (Å²) in [6.07, 6.45) is 5.71. The van der Waals surface area contributed by atoms with E-state index in [4.69, 9.17) is 0 Å². The predicted octanol–water partition coefficient (Wildman–Crippen LogP) is 1.64. The molecule has 2 saturated carbocycles. The molecule has 0 aromatic heterocycles. The molecule has 98 valence electrons. The Bertz CT molecular complexity index is 291. The summed E-state index contributed by atoms with van der Waals surface area (Å²) in [4.78, 5) is 11.8. The third-order valence-electron chi connectivity index (χ3n) is 4.10. The van der Waals surface area contributed by atoms with Gasteiger partial charge in [-0.3, -0.25) is 0 Å². The number of carbonyl (C=O) groups is 1. The van der Waals surface area contributed by atoms with Crippen molar-refractivity contribution in [3.05, 3.63) is 0 Å². The molecule has 17 heavy (non-hydrogen) atoms. The first-order chi connectivity index (χ1) is 8.09. The maximum atomic E-state index is 11.8. The number of carbonyl (C=O) groups excluding carboxylic acids is 1. The number of aliphatic hydroxyl groups excluding tert-OH is 1. The van der Waals surface area contributed by atoms with Crippen LogP contribution < -0.4 is 10.6 Å². The molecule has 2 rings (SSSR count). The fourth-order valence-electron chi connectivity index (χ4n) is 2.57. The van der Waals surface area contributed by atoms with Crippen LogP contribution in [0.5, 0.6) is 0 Å². The fourth-order valence-corrected chi connectivity index (χ4v) is 2.57. The molecule has 3 N–H and O–H groups in total. The smallest absolute Gasteiger partial charge is 0.315 e. The zero-order valence-electron chi connectivity index (χ0n) is 10.8. The number of hydrogen-bond acceptors (Lipinski definition) is 2. The van der Waals surface area contributed by atoms with E-state index in [1.807, 2.05) is 6.92 Å². The Balaban J connectivity index is 1.73. The molecule has 3 atom stereocenters. The molecule has 0 spiro atoms. The molecule has 2 aliphatic carbocycles. The zero-order valence-corrected chi connectivity index (χ0v) is 10.8. The maximum absolute atomic E-state index is 11.8. The maximum Gasteiger partial charge on any atom is 0.315 e. The van der Waals surface area contributed by atoms with Crippen LogP contribution in [0, 0.1) is 11.8 Å². The van der Waals surface area contributed by atoms with Crippen LogP contribution in [0.15, 0.2) is 0 Å². The highest BCUT2D eigenvalue weighted by Crippen LogP contribution is 2.39. The first-order valence-electron chi connectivity index (χ1n) is 6.78. The molecule has 3 unspecified atom stereocenters. The molecule has 0 aromatic carbocycles. The molecule has 2 amide bonds. The lowest BCUT2D eigenvalue weighted by Crippen LogP contribution is -2.54. The van der Waals surface area contributed by atoms with Gasteiger partial charge in [-0.05, 0) is 44.4 Å². The van der Waals surface area contributed by atoms with E-state index in [2.05, 4.69) is 17.6 Å². The van der Waals surface area contributed by atoms with E-state index < -0.39 is 5.54 Å². The Morgan fingerprint density at radius 1 is 1.47 bits per heavy atom. The number of hydrogen-bond donors (Lipinski definition) is 3. The van der Waals surface area contributed by atoms with Gasteiger partial charge in [0, 0.05) is 6.04 Å². The first kappa shape index (κ1) is 12.7. The highest BCUT2D eigenvalue weighted by Gasteiger charge is 2.43. The molecule has 0 aromatic rings. The minimum atomic E-state index is -0.431. The Morgan fingerprint density at radius 2 is 2.18 bits per heavy atom. The Hall–Kier alpha value is -0.770. The van der Waals surface area contributed by atoms with Crippen molar-refractivity contribution in [1.82, 2.24) is 10.6 Å². The second kappa shape index (κ2) is 4.84. The van der Waals surface area contributed by atoms with Gasteiger partial charge in [0.15, 0.2) is 0 Å². The van der Waals surface area contributed by atoms with Gasteiger partial charge in [-0.1, -0.05) is 13.3 Å². The van der Waals surface area contributed by atoms with E-state index >= 15 is 0 Å². The van der Waals surface area contributed by atoms with Gasteiger partial charge in [-0.2, -0.15) is 0 Å². The quantitative estimate of drug-likeness (QED) is 0.661. The van der Waals surface area contributed by atoms with Crippen LogP contribution in [0.2, 0.25) is 0 Å². The summed E-state index contributed by atoms with van der Waals surface area (Å²) in [7, 11) is 0. The molecule has 2 aliphatic rings. The Morgan fingerprint density at radius 3 is 2.71 bits per heavy atom. The molecular weight excluding hydrogens is 216 g/mol. The van der Waals surface area contributed by atoms with Gasteiger partial charge in [-0.25, -0.2) is 4.79 Å². The Kier molecular flexibility index (Phi) is 3.61. The molecule has 4 nitrogen and oxygen atoms in total. The van der Waals surface area contributed by atoms with E-state index in [9.17, 15) is 9.90 Å². The number of rotatable bonds is 6. The summed E-state index contributed by atoms with van der Waals surface area (Å²) in [6.45, 7) is 4.13. The number of amides is 2. The lowest BCUT2D eigenvalue weighted by atomic mass is 9.97. The fraction of sp³-hybridized carbons (Fsp3) is 0.923. The summed E-state index contributed by atoms with van der Waals surface area (Å²) in [5.74, 6) is 1.12. The van der Waals surface area contributed by atoms with Crippen molar-refractivity contribution < 1.29 is 9.90 Å². The second-order valence-electron chi connectivity index (χ2n) is 5.84. The zero-order chi connectivity index (χ0) is 12.5. The normalized spacial score (nSPS) is 30.5. The van der Waals surface area contributed by atoms with Crippen molar-refractivity contribution in [2.45, 2.75) is 57.5 Å². The average molecular weight is 240 g/mol. The highest BCUT2D eigenvalue weighted by molar-refractivity contribution is 5.75. The van der Waals surface area contributed by atoms with Crippen LogP contribution >= 0.6 is 0 Å². The van der Waals surface area contributed by atoms with E-state index in [0.29, 0.717) is 17.9 Å². The third kappa shape index (κ3) is 3.12. The lowest BCUT2D eigenvalue weighted by Gasteiger charge is -2.28. The van der Waals surface area contributed by atoms with Crippen LogP contribution in [0.3, 0.4) is 0 Å². The van der Waals surface area contributed by atoms with Crippen molar-refractivity contribution in [2.24, 2.45) is 11.8 Å². The molecule has 0 radical (unpaired) electrons. The summed E-state index contributed by atoms with van der Waals surface area (Å²) < 4.78 is 0. The van der Waals surface area contributed by atoms with Gasteiger partial charge in [0.2, 0.25) is 0 Å². The third-order valence-corrected chi connectivity index (χ3v) is 4.10. The summed E-state index contributed by atoms with van der Waals surface area (Å²) in [6, 6.07) is 0.245. The molecule has 0 aliphatic heterocycles. The topological polar surface area (TPSA) is 61.4 Å². The summed E-state index contributed by atoms with van der Waals surface area (Å²) in [5.41, 5.74) is -0.431. The minimum Gasteiger partial charge on any atom is -0.394 e. The lowest BCUT2D eigenvalue weighted by molar-refractivity contribution is 0.155. The summed E-state index contributed by atoms with van der Waals surface area (Å²) >= 11 is 0. The molecule has 0 heterocycles. The van der Waals surface area contributed by atoms with Crippen molar-refractivity contribution in [3.63, 3.8) is 0 Å². The van der Waals surface area contributed by atoms with Crippen molar-refractivity contribution in [2.75, 3.05) is 6.61 Å². The minimum absolute atomic E-state index is 0.0220. The molecular formula is C13H24N2O2. The summed E-state index contributed by atoms with van der Waals surface area (Å²) in [5, 5.41) is 15.3. The highest BCUT2D eigenvalue weighted by atomic mass is 16.3. The molecule has 4 heteroatoms. The Labute approximate surface area is 103 Å². The van der Waals surface area contributed by atoms with Crippen molar-refractivity contribution in [3.8, 4) is 0 Å². The van der Waals surface area contributed by atoms with E-state index in [1.54, 1.807) is 0 Å². The van der Waals surface area contributed by atoms with Crippen molar-refractivity contribution >= 4 is 6.03 Å². The van der Waals surface area contributed by atoms with Crippen LogP contribution in [-0.4, -0.2) is 29.3 Å². The van der Waals surface area contributed by atoms with E-state index in [0.717, 1.165) is 19.3 Å². The van der Waals surface area contributed by atoms with Gasteiger partial charge < -0.3 is 15.7 Å². The van der Waals surface area contributed by atoms with Crippen LogP contribution in [0.25, 0.3) is 0 Å². The average Bonchev–Trinajstić information content (AvgIpc) is 3.13. The van der Waals surface area contributed by atoms with Crippen LogP contribution in [-0.2, 0) is 0 Å². The monoisotopic (exact) mass is 240 g/mol. The van der Waals surface area contributed by atoms with Gasteiger partial charge in [0.1, 0.15) is 0 Å². The largest absolute Gasteiger partial charge is 0.394 e. The first-order valence-corrected chi connectivity index (χ1v) is 6.78. The predicted molar refractivity (Wildman–Crippen MR) is 66.7 cm³/mol. The van der Waals surface area contributed by atoms with Crippen molar-refractivity contribution in [1.29, 1.82) is 0 Å². The number of nitrogens with one attached hydrogen (secondary N) is 2. The van der Waals surface area contributed by atoms with Crippen LogP contribution in [0.4, 0.5) is 4.79 Å². The van der Waals surface area contributed by atoms with Gasteiger partial charge >= 0.3 is 6.03 Å². The second-order valence-corrected chi connectivity index (χ2v) is 5.84. The SMILES string of the molecule is CCCC1CC1NC(=O)NC(C)(CO)C1CC1. The van der Waals surface area contributed by atoms with E-state index in [-0.39, 0.29) is 12.6 Å².